The quantitative estimate of drug-likeness (QED) is 0.824. The van der Waals surface area contributed by atoms with Crippen molar-refractivity contribution in [3.05, 3.63) is 29.6 Å². The second-order valence-corrected chi connectivity index (χ2v) is 6.52. The molecule has 0 amide bonds. The minimum Gasteiger partial charge on any atom is -0.350 e. The zero-order valence-electron chi connectivity index (χ0n) is 12.0. The minimum atomic E-state index is -0.202. The van der Waals surface area contributed by atoms with Crippen molar-refractivity contribution < 1.29 is 4.39 Å². The van der Waals surface area contributed by atoms with Crippen molar-refractivity contribution in [2.75, 3.05) is 12.8 Å². The molecule has 1 atom stereocenters. The fourth-order valence-electron chi connectivity index (χ4n) is 2.27. The van der Waals surface area contributed by atoms with Gasteiger partial charge < -0.3 is 4.90 Å². The van der Waals surface area contributed by atoms with Crippen LogP contribution in [0.25, 0.3) is 0 Å². The van der Waals surface area contributed by atoms with Gasteiger partial charge in [-0.2, -0.15) is 0 Å². The molecule has 2 nitrogen and oxygen atoms in total. The number of thioether (sulfide) groups is 1. The van der Waals surface area contributed by atoms with Gasteiger partial charge in [0.2, 0.25) is 0 Å². The van der Waals surface area contributed by atoms with Crippen LogP contribution in [0.15, 0.2) is 23.2 Å². The molecule has 0 aromatic heterocycles. The first kappa shape index (κ1) is 14.4. The summed E-state index contributed by atoms with van der Waals surface area (Å²) in [5, 5.41) is 1.04. The molecule has 0 spiro atoms. The number of hydrogen-bond acceptors (Lipinski definition) is 2. The van der Waals surface area contributed by atoms with Crippen molar-refractivity contribution in [1.82, 2.24) is 4.90 Å². The molecule has 0 N–H and O–H groups in total. The number of nitrogens with zero attached hydrogens (tertiary/aromatic N) is 2. The lowest BCUT2D eigenvalue weighted by Gasteiger charge is -2.22. The number of benzene rings is 1. The molecule has 2 rings (SSSR count). The summed E-state index contributed by atoms with van der Waals surface area (Å²) >= 11 is 1.79. The summed E-state index contributed by atoms with van der Waals surface area (Å²) in [6, 6.07) is 5.31. The van der Waals surface area contributed by atoms with Gasteiger partial charge in [0.05, 0.1) is 5.69 Å². The first-order chi connectivity index (χ1) is 8.97. The van der Waals surface area contributed by atoms with Gasteiger partial charge in [-0.05, 0) is 43.0 Å². The van der Waals surface area contributed by atoms with Gasteiger partial charge in [0.1, 0.15) is 5.82 Å². The van der Waals surface area contributed by atoms with E-state index < -0.39 is 0 Å². The molecular formula is C15H21FN2S. The van der Waals surface area contributed by atoms with Crippen LogP contribution in [-0.4, -0.2) is 28.9 Å². The van der Waals surface area contributed by atoms with Crippen LogP contribution >= 0.6 is 11.8 Å². The van der Waals surface area contributed by atoms with Crippen LogP contribution in [0.2, 0.25) is 0 Å². The molecule has 1 unspecified atom stereocenters. The van der Waals surface area contributed by atoms with Crippen molar-refractivity contribution >= 4 is 22.6 Å². The predicted molar refractivity (Wildman–Crippen MR) is 81.7 cm³/mol. The largest absolute Gasteiger partial charge is 0.350 e. The van der Waals surface area contributed by atoms with Crippen LogP contribution < -0.4 is 0 Å². The Morgan fingerprint density at radius 3 is 2.84 bits per heavy atom. The molecule has 0 radical (unpaired) electrons. The number of aliphatic imine (C=N–C) groups is 1. The Balaban J connectivity index is 2.16. The SMILES string of the molecule is Cc1cc(F)ccc1N=C1SCC(CC(C)C)N1C. The molecule has 1 fully saturated rings. The Morgan fingerprint density at radius 1 is 1.47 bits per heavy atom. The van der Waals surface area contributed by atoms with Crippen LogP contribution in [0.3, 0.4) is 0 Å². The molecule has 1 saturated heterocycles. The Hall–Kier alpha value is -1.03. The lowest BCUT2D eigenvalue weighted by molar-refractivity contribution is 0.351. The van der Waals surface area contributed by atoms with Gasteiger partial charge in [-0.3, -0.25) is 0 Å². The zero-order valence-corrected chi connectivity index (χ0v) is 12.8. The maximum absolute atomic E-state index is 13.1. The van der Waals surface area contributed by atoms with Gasteiger partial charge in [0.15, 0.2) is 5.17 Å². The molecule has 1 aliphatic heterocycles. The monoisotopic (exact) mass is 280 g/mol. The van der Waals surface area contributed by atoms with Crippen LogP contribution in [-0.2, 0) is 0 Å². The lowest BCUT2D eigenvalue weighted by atomic mass is 10.0. The number of hydrogen-bond donors (Lipinski definition) is 0. The zero-order chi connectivity index (χ0) is 14.0. The summed E-state index contributed by atoms with van der Waals surface area (Å²) in [7, 11) is 2.10. The fraction of sp³-hybridized carbons (Fsp3) is 0.533. The van der Waals surface area contributed by atoms with Gasteiger partial charge in [-0.1, -0.05) is 25.6 Å². The molecule has 0 bridgehead atoms. The van der Waals surface area contributed by atoms with Crippen molar-refractivity contribution in [1.29, 1.82) is 0 Å². The van der Waals surface area contributed by atoms with E-state index in [2.05, 4.69) is 30.8 Å². The van der Waals surface area contributed by atoms with Gasteiger partial charge in [0.25, 0.3) is 0 Å². The molecule has 1 aliphatic rings. The van der Waals surface area contributed by atoms with Gasteiger partial charge in [-0.25, -0.2) is 9.38 Å². The van der Waals surface area contributed by atoms with E-state index in [1.807, 2.05) is 6.92 Å². The molecule has 1 heterocycles. The average molecular weight is 280 g/mol. The second kappa shape index (κ2) is 5.95. The Morgan fingerprint density at radius 2 is 2.21 bits per heavy atom. The molecule has 19 heavy (non-hydrogen) atoms. The lowest BCUT2D eigenvalue weighted by Crippen LogP contribution is -2.30. The minimum absolute atomic E-state index is 0.202. The number of amidine groups is 1. The summed E-state index contributed by atoms with van der Waals surface area (Å²) in [5.41, 5.74) is 1.75. The highest BCUT2D eigenvalue weighted by Gasteiger charge is 2.27. The average Bonchev–Trinajstić information content (AvgIpc) is 2.64. The summed E-state index contributed by atoms with van der Waals surface area (Å²) in [6.45, 7) is 6.39. The molecule has 104 valence electrons. The third kappa shape index (κ3) is 3.50. The van der Waals surface area contributed by atoms with E-state index in [1.54, 1.807) is 17.8 Å². The Labute approximate surface area is 119 Å². The van der Waals surface area contributed by atoms with E-state index in [0.29, 0.717) is 12.0 Å². The normalized spacial score (nSPS) is 21.7. The molecule has 1 aromatic carbocycles. The highest BCUT2D eigenvalue weighted by Crippen LogP contribution is 2.30. The first-order valence-electron chi connectivity index (χ1n) is 6.68. The maximum atomic E-state index is 13.1. The highest BCUT2D eigenvalue weighted by molar-refractivity contribution is 8.14. The predicted octanol–water partition coefficient (Wildman–Crippen LogP) is 4.21. The summed E-state index contributed by atoms with van der Waals surface area (Å²) in [5.74, 6) is 1.58. The smallest absolute Gasteiger partial charge is 0.164 e. The third-order valence-corrected chi connectivity index (χ3v) is 4.56. The van der Waals surface area contributed by atoms with Crippen LogP contribution in [0.5, 0.6) is 0 Å². The van der Waals surface area contributed by atoms with Gasteiger partial charge in [-0.15, -0.1) is 0 Å². The van der Waals surface area contributed by atoms with E-state index in [0.717, 1.165) is 22.2 Å². The number of halogens is 1. The molecular weight excluding hydrogens is 259 g/mol. The van der Waals surface area contributed by atoms with Crippen LogP contribution in [0.1, 0.15) is 25.8 Å². The fourth-order valence-corrected chi connectivity index (χ4v) is 3.49. The molecule has 4 heteroatoms. The third-order valence-electron chi connectivity index (χ3n) is 3.37. The standard InChI is InChI=1S/C15H21FN2S/c1-10(2)7-13-9-19-15(18(13)4)17-14-6-5-12(16)8-11(14)3/h5-6,8,10,13H,7,9H2,1-4H3. The van der Waals surface area contributed by atoms with E-state index >= 15 is 0 Å². The summed E-state index contributed by atoms with van der Waals surface area (Å²) < 4.78 is 13.1. The van der Waals surface area contributed by atoms with E-state index in [9.17, 15) is 4.39 Å². The summed E-state index contributed by atoms with van der Waals surface area (Å²) in [4.78, 5) is 6.93. The molecule has 0 saturated carbocycles. The van der Waals surface area contributed by atoms with Crippen molar-refractivity contribution in [3.63, 3.8) is 0 Å². The van der Waals surface area contributed by atoms with Crippen molar-refractivity contribution in [3.8, 4) is 0 Å². The van der Waals surface area contributed by atoms with Crippen LogP contribution in [0, 0.1) is 18.7 Å². The van der Waals surface area contributed by atoms with Crippen molar-refractivity contribution in [2.24, 2.45) is 10.9 Å². The topological polar surface area (TPSA) is 15.6 Å². The molecule has 0 aliphatic carbocycles. The van der Waals surface area contributed by atoms with Gasteiger partial charge >= 0.3 is 0 Å². The Bertz CT molecular complexity index is 485. The molecule has 1 aromatic rings. The van der Waals surface area contributed by atoms with Crippen LogP contribution in [0.4, 0.5) is 10.1 Å². The van der Waals surface area contributed by atoms with E-state index in [-0.39, 0.29) is 5.82 Å². The number of rotatable bonds is 3. The van der Waals surface area contributed by atoms with Gasteiger partial charge in [0, 0.05) is 18.8 Å². The van der Waals surface area contributed by atoms with E-state index in [4.69, 9.17) is 0 Å². The van der Waals surface area contributed by atoms with Crippen molar-refractivity contribution in [2.45, 2.75) is 33.2 Å². The second-order valence-electron chi connectivity index (χ2n) is 5.53. The summed E-state index contributed by atoms with van der Waals surface area (Å²) in [6.07, 6.45) is 1.19. The number of aryl methyl sites for hydroxylation is 1. The first-order valence-corrected chi connectivity index (χ1v) is 7.66. The Kier molecular flexibility index (Phi) is 4.50. The maximum Gasteiger partial charge on any atom is 0.164 e. The highest BCUT2D eigenvalue weighted by atomic mass is 32.2. The van der Waals surface area contributed by atoms with E-state index in [1.165, 1.54) is 18.6 Å².